The van der Waals surface area contributed by atoms with Crippen molar-refractivity contribution in [3.63, 3.8) is 0 Å². The summed E-state index contributed by atoms with van der Waals surface area (Å²) in [6.45, 7) is 2.89. The van der Waals surface area contributed by atoms with E-state index in [1.54, 1.807) is 6.20 Å². The number of carboxylic acids is 1. The number of hydrogen-bond donors (Lipinski definition) is 2. The molecule has 0 radical (unpaired) electrons. The van der Waals surface area contributed by atoms with Crippen molar-refractivity contribution in [2.24, 2.45) is 0 Å². The van der Waals surface area contributed by atoms with Crippen LogP contribution in [0.4, 0.5) is 5.69 Å². The minimum atomic E-state index is -0.973. The quantitative estimate of drug-likeness (QED) is 0.412. The molecule has 0 saturated carbocycles. The predicted octanol–water partition coefficient (Wildman–Crippen LogP) is 5.00. The van der Waals surface area contributed by atoms with Gasteiger partial charge in [-0.2, -0.15) is 0 Å². The number of carboxylic acid groups (broad SMARTS) is 1. The number of rotatable bonds is 7. The topological polar surface area (TPSA) is 93.6 Å². The summed E-state index contributed by atoms with van der Waals surface area (Å²) in [6, 6.07) is 11.6. The second-order valence-electron chi connectivity index (χ2n) is 7.46. The predicted molar refractivity (Wildman–Crippen MR) is 124 cm³/mol. The molecule has 0 unspecified atom stereocenters. The van der Waals surface area contributed by atoms with Crippen LogP contribution < -0.4 is 14.8 Å². The molecule has 0 atom stereocenters. The van der Waals surface area contributed by atoms with E-state index < -0.39 is 5.97 Å². The molecule has 1 aliphatic rings. The highest BCUT2D eigenvalue weighted by Crippen LogP contribution is 2.33. The summed E-state index contributed by atoms with van der Waals surface area (Å²) in [5.74, 6) is 0.987. The Morgan fingerprint density at radius 2 is 2.06 bits per heavy atom. The molecule has 2 aromatic heterocycles. The highest BCUT2D eigenvalue weighted by molar-refractivity contribution is 7.16. The standard InChI is InChI=1S/C24H21N3O4S/c1-2-15-10-17(25-7-5-14-3-4-19-20(9-14)31-13-30-19)11-18(21(15)24(28)29)22-26-12-16-6-8-32-23(16)27-22/h3-4,6,8-12,25H,2,5,7,13H2,1H3,(H,28,29). The first-order valence-electron chi connectivity index (χ1n) is 10.4. The molecule has 2 aromatic carbocycles. The van der Waals surface area contributed by atoms with E-state index in [9.17, 15) is 9.90 Å². The van der Waals surface area contributed by atoms with Gasteiger partial charge in [-0.05, 0) is 59.7 Å². The molecule has 0 bridgehead atoms. The van der Waals surface area contributed by atoms with E-state index in [4.69, 9.17) is 9.47 Å². The fourth-order valence-electron chi connectivity index (χ4n) is 3.85. The third-order valence-electron chi connectivity index (χ3n) is 5.44. The number of thiophene rings is 1. The van der Waals surface area contributed by atoms with Gasteiger partial charge in [0.05, 0.1) is 5.56 Å². The van der Waals surface area contributed by atoms with Gasteiger partial charge in [0.1, 0.15) is 4.83 Å². The van der Waals surface area contributed by atoms with Gasteiger partial charge < -0.3 is 19.9 Å². The summed E-state index contributed by atoms with van der Waals surface area (Å²) in [6.07, 6.45) is 3.12. The van der Waals surface area contributed by atoms with Crippen LogP contribution in [0.3, 0.4) is 0 Å². The molecule has 0 aliphatic carbocycles. The van der Waals surface area contributed by atoms with E-state index in [0.29, 0.717) is 24.4 Å². The molecule has 8 heteroatoms. The number of anilines is 1. The van der Waals surface area contributed by atoms with Gasteiger partial charge in [-0.25, -0.2) is 14.8 Å². The first-order valence-corrected chi connectivity index (χ1v) is 11.2. The van der Waals surface area contributed by atoms with Crippen LogP contribution >= 0.6 is 11.3 Å². The van der Waals surface area contributed by atoms with Crippen LogP contribution in [-0.2, 0) is 12.8 Å². The molecule has 3 heterocycles. The highest BCUT2D eigenvalue weighted by Gasteiger charge is 2.20. The Balaban J connectivity index is 1.43. The molecule has 5 rings (SSSR count). The molecule has 0 amide bonds. The number of nitrogens with zero attached hydrogens (tertiary/aromatic N) is 2. The van der Waals surface area contributed by atoms with Crippen molar-refractivity contribution in [3.05, 3.63) is 64.7 Å². The van der Waals surface area contributed by atoms with Crippen LogP contribution in [0.25, 0.3) is 21.6 Å². The van der Waals surface area contributed by atoms with Crippen molar-refractivity contribution < 1.29 is 19.4 Å². The molecule has 32 heavy (non-hydrogen) atoms. The third kappa shape index (κ3) is 3.85. The number of ether oxygens (including phenoxy) is 2. The van der Waals surface area contributed by atoms with Gasteiger partial charge in [0.25, 0.3) is 0 Å². The van der Waals surface area contributed by atoms with Crippen LogP contribution in [-0.4, -0.2) is 34.4 Å². The molecule has 2 N–H and O–H groups in total. The monoisotopic (exact) mass is 447 g/mol. The molecule has 162 valence electrons. The Morgan fingerprint density at radius 3 is 2.91 bits per heavy atom. The van der Waals surface area contributed by atoms with Gasteiger partial charge in [0.15, 0.2) is 17.3 Å². The van der Waals surface area contributed by atoms with Crippen molar-refractivity contribution in [3.8, 4) is 22.9 Å². The third-order valence-corrected chi connectivity index (χ3v) is 6.27. The van der Waals surface area contributed by atoms with Crippen LogP contribution in [0.2, 0.25) is 0 Å². The van der Waals surface area contributed by atoms with Crippen molar-refractivity contribution in [2.75, 3.05) is 18.7 Å². The summed E-state index contributed by atoms with van der Waals surface area (Å²) in [4.78, 5) is 22.0. The molecule has 4 aromatic rings. The van der Waals surface area contributed by atoms with Gasteiger partial charge in [-0.15, -0.1) is 11.3 Å². The Labute approximate surface area is 188 Å². The number of nitrogens with one attached hydrogen (secondary N) is 1. The van der Waals surface area contributed by atoms with Crippen molar-refractivity contribution in [2.45, 2.75) is 19.8 Å². The maximum Gasteiger partial charge on any atom is 0.336 e. The minimum Gasteiger partial charge on any atom is -0.478 e. The van der Waals surface area contributed by atoms with E-state index in [2.05, 4.69) is 15.3 Å². The first kappa shape index (κ1) is 20.3. The Morgan fingerprint density at radius 1 is 1.19 bits per heavy atom. The van der Waals surface area contributed by atoms with Gasteiger partial charge in [-0.1, -0.05) is 13.0 Å². The lowest BCUT2D eigenvalue weighted by molar-refractivity contribution is 0.0696. The molecule has 0 spiro atoms. The van der Waals surface area contributed by atoms with Crippen LogP contribution in [0.5, 0.6) is 11.5 Å². The van der Waals surface area contributed by atoms with Crippen LogP contribution in [0.1, 0.15) is 28.4 Å². The van der Waals surface area contributed by atoms with E-state index in [0.717, 1.165) is 45.0 Å². The average molecular weight is 448 g/mol. The van der Waals surface area contributed by atoms with Crippen molar-refractivity contribution in [1.29, 1.82) is 0 Å². The molecule has 0 fully saturated rings. The van der Waals surface area contributed by atoms with E-state index in [1.807, 2.05) is 48.7 Å². The van der Waals surface area contributed by atoms with E-state index >= 15 is 0 Å². The summed E-state index contributed by atoms with van der Waals surface area (Å²) in [5.41, 5.74) is 3.50. The highest BCUT2D eigenvalue weighted by atomic mass is 32.1. The van der Waals surface area contributed by atoms with Gasteiger partial charge >= 0.3 is 5.97 Å². The van der Waals surface area contributed by atoms with Gasteiger partial charge in [0.2, 0.25) is 6.79 Å². The zero-order valence-corrected chi connectivity index (χ0v) is 18.2. The van der Waals surface area contributed by atoms with Crippen molar-refractivity contribution >= 4 is 33.2 Å². The average Bonchev–Trinajstić information content (AvgIpc) is 3.46. The molecular formula is C24H21N3O4S. The Kier molecular flexibility index (Phi) is 5.36. The smallest absolute Gasteiger partial charge is 0.336 e. The fourth-order valence-corrected chi connectivity index (χ4v) is 4.58. The maximum atomic E-state index is 12.1. The van der Waals surface area contributed by atoms with Crippen LogP contribution in [0.15, 0.2) is 48.0 Å². The van der Waals surface area contributed by atoms with E-state index in [1.165, 1.54) is 11.3 Å². The lowest BCUT2D eigenvalue weighted by Gasteiger charge is -2.14. The number of fused-ring (bicyclic) bond motifs is 2. The largest absolute Gasteiger partial charge is 0.478 e. The fraction of sp³-hybridized carbons (Fsp3) is 0.208. The summed E-state index contributed by atoms with van der Waals surface area (Å²) >= 11 is 1.51. The maximum absolute atomic E-state index is 12.1. The number of aromatic carboxylic acids is 1. The van der Waals surface area contributed by atoms with Crippen LogP contribution in [0, 0.1) is 0 Å². The number of benzene rings is 2. The Bertz CT molecular complexity index is 1320. The lowest BCUT2D eigenvalue weighted by atomic mass is 9.97. The minimum absolute atomic E-state index is 0.254. The van der Waals surface area contributed by atoms with Gasteiger partial charge in [-0.3, -0.25) is 0 Å². The molecular weight excluding hydrogens is 426 g/mol. The zero-order chi connectivity index (χ0) is 22.1. The molecule has 7 nitrogen and oxygen atoms in total. The number of aromatic nitrogens is 2. The SMILES string of the molecule is CCc1cc(NCCc2ccc3c(c2)OCO3)cc(-c2ncc3ccsc3n2)c1C(=O)O. The normalized spacial score (nSPS) is 12.3. The summed E-state index contributed by atoms with van der Waals surface area (Å²) < 4.78 is 10.8. The zero-order valence-electron chi connectivity index (χ0n) is 17.4. The summed E-state index contributed by atoms with van der Waals surface area (Å²) in [5, 5.41) is 16.2. The second-order valence-corrected chi connectivity index (χ2v) is 8.35. The van der Waals surface area contributed by atoms with Crippen molar-refractivity contribution in [1.82, 2.24) is 9.97 Å². The lowest BCUT2D eigenvalue weighted by Crippen LogP contribution is -2.10. The number of carbonyl (C=O) groups is 1. The summed E-state index contributed by atoms with van der Waals surface area (Å²) in [7, 11) is 0. The Hall–Kier alpha value is -3.65. The first-order chi connectivity index (χ1) is 15.6. The van der Waals surface area contributed by atoms with E-state index in [-0.39, 0.29) is 12.4 Å². The molecule has 1 aliphatic heterocycles. The molecule has 0 saturated heterocycles. The second kappa shape index (κ2) is 8.47. The number of aryl methyl sites for hydroxylation is 1. The van der Waals surface area contributed by atoms with Gasteiger partial charge in [0, 0.05) is 29.4 Å². The number of hydrogen-bond acceptors (Lipinski definition) is 7.